The summed E-state index contributed by atoms with van der Waals surface area (Å²) in [6, 6.07) is 16.6. The van der Waals surface area contributed by atoms with Gasteiger partial charge < -0.3 is 4.74 Å². The molecule has 0 aliphatic carbocycles. The molecule has 1 spiro atoms. The van der Waals surface area contributed by atoms with Gasteiger partial charge in [0.2, 0.25) is 0 Å². The van der Waals surface area contributed by atoms with E-state index in [9.17, 15) is 9.59 Å². The van der Waals surface area contributed by atoms with Gasteiger partial charge in [0.05, 0.1) is 12.6 Å². The van der Waals surface area contributed by atoms with E-state index in [1.165, 1.54) is 0 Å². The minimum Gasteiger partial charge on any atom is -0.493 e. The SMILES string of the molecule is C[C@@H](c1ccccc1)N1C(=O)NC(=O)[C@@]12CCOc1ccccc12. The van der Waals surface area contributed by atoms with E-state index in [4.69, 9.17) is 4.74 Å². The molecule has 2 aliphatic heterocycles. The van der Waals surface area contributed by atoms with Crippen LogP contribution in [0.3, 0.4) is 0 Å². The number of fused-ring (bicyclic) bond motifs is 2. The van der Waals surface area contributed by atoms with Crippen molar-refractivity contribution >= 4 is 11.9 Å². The van der Waals surface area contributed by atoms with Gasteiger partial charge in [-0.25, -0.2) is 4.79 Å². The summed E-state index contributed by atoms with van der Waals surface area (Å²) in [7, 11) is 0. The lowest BCUT2D eigenvalue weighted by molar-refractivity contribution is -0.129. The first-order valence-corrected chi connectivity index (χ1v) is 8.06. The Kier molecular flexibility index (Phi) is 3.30. The number of hydrogen-bond donors (Lipinski definition) is 1. The minimum absolute atomic E-state index is 0.233. The third kappa shape index (κ3) is 1.94. The van der Waals surface area contributed by atoms with Gasteiger partial charge in [0.15, 0.2) is 5.54 Å². The van der Waals surface area contributed by atoms with Gasteiger partial charge >= 0.3 is 6.03 Å². The number of carbonyl (C=O) groups excluding carboxylic acids is 2. The van der Waals surface area contributed by atoms with Crippen LogP contribution in [0.4, 0.5) is 4.79 Å². The molecule has 122 valence electrons. The number of nitrogens with zero attached hydrogens (tertiary/aromatic N) is 1. The maximum absolute atomic E-state index is 12.8. The summed E-state index contributed by atoms with van der Waals surface area (Å²) < 4.78 is 5.71. The molecule has 1 fully saturated rings. The van der Waals surface area contributed by atoms with E-state index in [-0.39, 0.29) is 18.0 Å². The highest BCUT2D eigenvalue weighted by Crippen LogP contribution is 2.47. The average Bonchev–Trinajstić information content (AvgIpc) is 2.86. The van der Waals surface area contributed by atoms with E-state index in [0.29, 0.717) is 18.8 Å². The van der Waals surface area contributed by atoms with Crippen molar-refractivity contribution in [3.8, 4) is 5.75 Å². The predicted octanol–water partition coefficient (Wildman–Crippen LogP) is 2.98. The molecule has 2 aromatic rings. The highest BCUT2D eigenvalue weighted by Gasteiger charge is 2.58. The van der Waals surface area contributed by atoms with Crippen LogP contribution in [-0.2, 0) is 10.3 Å². The van der Waals surface area contributed by atoms with Gasteiger partial charge in [0.25, 0.3) is 5.91 Å². The third-order valence-corrected chi connectivity index (χ3v) is 4.95. The Morgan fingerprint density at radius 2 is 1.79 bits per heavy atom. The topological polar surface area (TPSA) is 58.6 Å². The Balaban J connectivity index is 1.87. The fraction of sp³-hybridized carbons (Fsp3) is 0.263. The van der Waals surface area contributed by atoms with Crippen molar-refractivity contribution in [2.24, 2.45) is 0 Å². The molecule has 0 aromatic heterocycles. The Morgan fingerprint density at radius 3 is 2.58 bits per heavy atom. The number of hydrogen-bond acceptors (Lipinski definition) is 3. The first-order valence-electron chi connectivity index (χ1n) is 8.06. The van der Waals surface area contributed by atoms with Crippen LogP contribution < -0.4 is 10.1 Å². The quantitative estimate of drug-likeness (QED) is 0.865. The highest BCUT2D eigenvalue weighted by molar-refractivity contribution is 6.08. The number of imide groups is 1. The Labute approximate surface area is 140 Å². The van der Waals surface area contributed by atoms with Crippen molar-refractivity contribution in [1.29, 1.82) is 0 Å². The summed E-state index contributed by atoms with van der Waals surface area (Å²) in [6.07, 6.45) is 0.443. The van der Waals surface area contributed by atoms with Crippen molar-refractivity contribution in [2.45, 2.75) is 24.9 Å². The zero-order valence-electron chi connectivity index (χ0n) is 13.4. The van der Waals surface area contributed by atoms with Crippen molar-refractivity contribution in [3.63, 3.8) is 0 Å². The van der Waals surface area contributed by atoms with Crippen molar-refractivity contribution < 1.29 is 14.3 Å². The van der Waals surface area contributed by atoms with Gasteiger partial charge in [0, 0.05) is 12.0 Å². The summed E-state index contributed by atoms with van der Waals surface area (Å²) >= 11 is 0. The number of para-hydroxylation sites is 1. The Hall–Kier alpha value is -2.82. The van der Waals surface area contributed by atoms with Crippen molar-refractivity contribution in [2.75, 3.05) is 6.61 Å². The zero-order chi connectivity index (χ0) is 16.7. The molecule has 0 radical (unpaired) electrons. The first-order chi connectivity index (χ1) is 11.6. The Morgan fingerprint density at radius 1 is 1.08 bits per heavy atom. The number of carbonyl (C=O) groups is 2. The second-order valence-corrected chi connectivity index (χ2v) is 6.17. The van der Waals surface area contributed by atoms with Crippen LogP contribution in [0.15, 0.2) is 54.6 Å². The van der Waals surface area contributed by atoms with E-state index in [2.05, 4.69) is 5.32 Å². The molecule has 2 aliphatic rings. The summed E-state index contributed by atoms with van der Waals surface area (Å²) in [5, 5.41) is 2.51. The molecule has 1 N–H and O–H groups in total. The van der Waals surface area contributed by atoms with Crippen LogP contribution in [0, 0.1) is 0 Å². The number of nitrogens with one attached hydrogen (secondary N) is 1. The first kappa shape index (κ1) is 14.8. The van der Waals surface area contributed by atoms with Crippen molar-refractivity contribution in [1.82, 2.24) is 10.2 Å². The second kappa shape index (κ2) is 5.37. The van der Waals surface area contributed by atoms with Gasteiger partial charge in [-0.2, -0.15) is 0 Å². The molecule has 2 atom stereocenters. The molecule has 2 aromatic carbocycles. The van der Waals surface area contributed by atoms with E-state index in [1.54, 1.807) is 4.90 Å². The van der Waals surface area contributed by atoms with Crippen LogP contribution in [0.1, 0.15) is 30.5 Å². The minimum atomic E-state index is -1.01. The van der Waals surface area contributed by atoms with E-state index in [0.717, 1.165) is 11.1 Å². The van der Waals surface area contributed by atoms with Gasteiger partial charge in [0.1, 0.15) is 5.75 Å². The lowest BCUT2D eigenvalue weighted by Gasteiger charge is -2.42. The molecule has 5 nitrogen and oxygen atoms in total. The Bertz CT molecular complexity index is 805. The molecular formula is C19H18N2O3. The summed E-state index contributed by atoms with van der Waals surface area (Å²) in [6.45, 7) is 2.35. The average molecular weight is 322 g/mol. The lowest BCUT2D eigenvalue weighted by atomic mass is 9.82. The van der Waals surface area contributed by atoms with E-state index in [1.807, 2.05) is 61.5 Å². The fourth-order valence-electron chi connectivity index (χ4n) is 3.79. The lowest BCUT2D eigenvalue weighted by Crippen LogP contribution is -2.50. The van der Waals surface area contributed by atoms with Gasteiger partial charge in [-0.15, -0.1) is 0 Å². The molecule has 24 heavy (non-hydrogen) atoms. The number of urea groups is 1. The molecule has 1 saturated heterocycles. The normalized spacial score (nSPS) is 23.6. The number of benzene rings is 2. The third-order valence-electron chi connectivity index (χ3n) is 4.95. The maximum Gasteiger partial charge on any atom is 0.325 e. The molecule has 3 amide bonds. The van der Waals surface area contributed by atoms with E-state index >= 15 is 0 Å². The number of amides is 3. The van der Waals surface area contributed by atoms with Crippen LogP contribution >= 0.6 is 0 Å². The van der Waals surface area contributed by atoms with Gasteiger partial charge in [-0.05, 0) is 18.6 Å². The fourth-order valence-corrected chi connectivity index (χ4v) is 3.79. The standard InChI is InChI=1S/C19H18N2O3/c1-13(14-7-3-2-4-8-14)21-18(23)20-17(22)19(21)11-12-24-16-10-6-5-9-15(16)19/h2-10,13H,11-12H2,1H3,(H,20,22,23)/t13-,19-/m0/s1. The summed E-state index contributed by atoms with van der Waals surface area (Å²) in [5.41, 5.74) is 0.731. The molecular weight excluding hydrogens is 304 g/mol. The van der Waals surface area contributed by atoms with Gasteiger partial charge in [-0.3, -0.25) is 15.0 Å². The molecule has 5 heteroatoms. The maximum atomic E-state index is 12.8. The van der Waals surface area contributed by atoms with Crippen LogP contribution in [0.25, 0.3) is 0 Å². The van der Waals surface area contributed by atoms with Crippen LogP contribution in [0.5, 0.6) is 5.75 Å². The smallest absolute Gasteiger partial charge is 0.325 e. The molecule has 4 rings (SSSR count). The molecule has 0 unspecified atom stereocenters. The summed E-state index contributed by atoms with van der Waals surface area (Å²) in [4.78, 5) is 27.1. The van der Waals surface area contributed by atoms with Crippen LogP contribution in [0.2, 0.25) is 0 Å². The number of rotatable bonds is 2. The van der Waals surface area contributed by atoms with E-state index < -0.39 is 5.54 Å². The largest absolute Gasteiger partial charge is 0.493 e. The predicted molar refractivity (Wildman–Crippen MR) is 88.5 cm³/mol. The zero-order valence-corrected chi connectivity index (χ0v) is 13.4. The molecule has 0 bridgehead atoms. The highest BCUT2D eigenvalue weighted by atomic mass is 16.5. The summed E-state index contributed by atoms with van der Waals surface area (Å²) in [5.74, 6) is 0.393. The molecule has 2 heterocycles. The van der Waals surface area contributed by atoms with Gasteiger partial charge in [-0.1, -0.05) is 48.5 Å². The van der Waals surface area contributed by atoms with Crippen molar-refractivity contribution in [3.05, 3.63) is 65.7 Å². The monoisotopic (exact) mass is 322 g/mol. The second-order valence-electron chi connectivity index (χ2n) is 6.17. The number of ether oxygens (including phenoxy) is 1. The van der Waals surface area contributed by atoms with Crippen LogP contribution in [-0.4, -0.2) is 23.4 Å². The molecule has 0 saturated carbocycles.